The van der Waals surface area contributed by atoms with Gasteiger partial charge >= 0.3 is 0 Å². The predicted molar refractivity (Wildman–Crippen MR) is 60.8 cm³/mol. The van der Waals surface area contributed by atoms with Crippen LogP contribution in [0.25, 0.3) is 0 Å². The van der Waals surface area contributed by atoms with Gasteiger partial charge in [-0.15, -0.1) is 12.4 Å². The predicted octanol–water partition coefficient (Wildman–Crippen LogP) is 1.12. The summed E-state index contributed by atoms with van der Waals surface area (Å²) in [6, 6.07) is 5.23. The average Bonchev–Trinajstić information content (AvgIpc) is 2.27. The van der Waals surface area contributed by atoms with Gasteiger partial charge in [0.1, 0.15) is 11.5 Å². The average molecular weight is 234 g/mol. The third kappa shape index (κ3) is 3.27. The molecule has 1 rings (SSSR count). The standard InChI is InChI=1S/C10H15NO3.ClH/c1-13-7-3-4-10(14-2)8(5-7)9(12)6-11;/h3-5,9,12H,6,11H2,1-2H3;1H. The molecule has 0 aliphatic heterocycles. The highest BCUT2D eigenvalue weighted by Gasteiger charge is 2.12. The molecule has 0 saturated heterocycles. The first kappa shape index (κ1) is 14.0. The first-order valence-electron chi connectivity index (χ1n) is 4.33. The Morgan fingerprint density at radius 2 is 2.00 bits per heavy atom. The molecule has 5 heteroatoms. The molecule has 0 heterocycles. The first-order valence-corrected chi connectivity index (χ1v) is 4.33. The van der Waals surface area contributed by atoms with E-state index in [1.807, 2.05) is 0 Å². The minimum absolute atomic E-state index is 0. The second-order valence-electron chi connectivity index (χ2n) is 2.86. The van der Waals surface area contributed by atoms with Crippen molar-refractivity contribution in [3.63, 3.8) is 0 Å². The molecule has 1 unspecified atom stereocenters. The van der Waals surface area contributed by atoms with E-state index in [0.717, 1.165) is 0 Å². The molecular formula is C10H16ClNO3. The van der Waals surface area contributed by atoms with Gasteiger partial charge in [-0.2, -0.15) is 0 Å². The second kappa shape index (κ2) is 6.50. The first-order chi connectivity index (χ1) is 6.72. The Hall–Kier alpha value is -0.970. The van der Waals surface area contributed by atoms with E-state index in [2.05, 4.69) is 0 Å². The smallest absolute Gasteiger partial charge is 0.124 e. The van der Waals surface area contributed by atoms with Crippen molar-refractivity contribution in [2.24, 2.45) is 5.73 Å². The van der Waals surface area contributed by atoms with Gasteiger partial charge in [-0.3, -0.25) is 0 Å². The molecule has 0 radical (unpaired) electrons. The van der Waals surface area contributed by atoms with Crippen molar-refractivity contribution in [1.82, 2.24) is 0 Å². The number of hydrogen-bond donors (Lipinski definition) is 2. The summed E-state index contributed by atoms with van der Waals surface area (Å²) in [5.74, 6) is 1.29. The fraction of sp³-hybridized carbons (Fsp3) is 0.400. The minimum atomic E-state index is -0.722. The fourth-order valence-electron chi connectivity index (χ4n) is 1.23. The van der Waals surface area contributed by atoms with Crippen LogP contribution in [0, 0.1) is 0 Å². The Bertz CT molecular complexity index is 307. The summed E-state index contributed by atoms with van der Waals surface area (Å²) in [7, 11) is 3.12. The number of nitrogens with two attached hydrogens (primary N) is 1. The van der Waals surface area contributed by atoms with Gasteiger partial charge in [0.25, 0.3) is 0 Å². The SMILES string of the molecule is COc1ccc(OC)c(C(O)CN)c1.Cl. The highest BCUT2D eigenvalue weighted by Crippen LogP contribution is 2.28. The number of aliphatic hydroxyl groups is 1. The normalized spacial score (nSPS) is 11.5. The van der Waals surface area contributed by atoms with Crippen LogP contribution in [0.15, 0.2) is 18.2 Å². The van der Waals surface area contributed by atoms with Crippen LogP contribution in [0.2, 0.25) is 0 Å². The third-order valence-corrected chi connectivity index (χ3v) is 2.02. The molecule has 0 fully saturated rings. The Balaban J connectivity index is 0.00000196. The molecular weight excluding hydrogens is 218 g/mol. The largest absolute Gasteiger partial charge is 0.497 e. The zero-order valence-electron chi connectivity index (χ0n) is 8.77. The number of benzene rings is 1. The summed E-state index contributed by atoms with van der Waals surface area (Å²) in [6.07, 6.45) is -0.722. The van der Waals surface area contributed by atoms with E-state index in [1.165, 1.54) is 0 Å². The highest BCUT2D eigenvalue weighted by atomic mass is 35.5. The van der Waals surface area contributed by atoms with E-state index in [9.17, 15) is 5.11 Å². The van der Waals surface area contributed by atoms with Crippen molar-refractivity contribution in [2.45, 2.75) is 6.10 Å². The highest BCUT2D eigenvalue weighted by molar-refractivity contribution is 5.85. The maximum Gasteiger partial charge on any atom is 0.124 e. The van der Waals surface area contributed by atoms with Crippen LogP contribution in [0.4, 0.5) is 0 Å². The number of ether oxygens (including phenoxy) is 2. The molecule has 15 heavy (non-hydrogen) atoms. The summed E-state index contributed by atoms with van der Waals surface area (Å²) in [5, 5.41) is 9.60. The zero-order valence-corrected chi connectivity index (χ0v) is 9.58. The molecule has 0 spiro atoms. The van der Waals surface area contributed by atoms with Crippen LogP contribution >= 0.6 is 12.4 Å². The molecule has 1 aromatic rings. The fourth-order valence-corrected chi connectivity index (χ4v) is 1.23. The van der Waals surface area contributed by atoms with Crippen molar-refractivity contribution in [3.8, 4) is 11.5 Å². The lowest BCUT2D eigenvalue weighted by atomic mass is 10.1. The Labute approximate surface area is 95.4 Å². The molecule has 0 saturated carbocycles. The van der Waals surface area contributed by atoms with E-state index in [1.54, 1.807) is 32.4 Å². The van der Waals surface area contributed by atoms with Gasteiger partial charge in [0.15, 0.2) is 0 Å². The van der Waals surface area contributed by atoms with E-state index >= 15 is 0 Å². The topological polar surface area (TPSA) is 64.7 Å². The molecule has 1 aromatic carbocycles. The van der Waals surface area contributed by atoms with E-state index in [-0.39, 0.29) is 19.0 Å². The summed E-state index contributed by atoms with van der Waals surface area (Å²) >= 11 is 0. The lowest BCUT2D eigenvalue weighted by Gasteiger charge is -2.14. The van der Waals surface area contributed by atoms with Gasteiger partial charge in [0.05, 0.1) is 20.3 Å². The molecule has 86 valence electrons. The summed E-state index contributed by atoms with van der Waals surface area (Å²) in [6.45, 7) is 0.156. The summed E-state index contributed by atoms with van der Waals surface area (Å²) in [4.78, 5) is 0. The Morgan fingerprint density at radius 1 is 1.33 bits per heavy atom. The molecule has 1 atom stereocenters. The van der Waals surface area contributed by atoms with Crippen LogP contribution < -0.4 is 15.2 Å². The molecule has 0 aliphatic carbocycles. The molecule has 0 amide bonds. The minimum Gasteiger partial charge on any atom is -0.497 e. The number of hydrogen-bond acceptors (Lipinski definition) is 4. The molecule has 0 aromatic heterocycles. The maximum absolute atomic E-state index is 9.60. The quantitative estimate of drug-likeness (QED) is 0.818. The van der Waals surface area contributed by atoms with Crippen LogP contribution in [-0.2, 0) is 0 Å². The van der Waals surface area contributed by atoms with Gasteiger partial charge in [-0.1, -0.05) is 0 Å². The van der Waals surface area contributed by atoms with Crippen LogP contribution in [0.1, 0.15) is 11.7 Å². The van der Waals surface area contributed by atoms with Gasteiger partial charge in [-0.05, 0) is 18.2 Å². The van der Waals surface area contributed by atoms with Crippen molar-refractivity contribution in [1.29, 1.82) is 0 Å². The van der Waals surface area contributed by atoms with Crippen molar-refractivity contribution >= 4 is 12.4 Å². The summed E-state index contributed by atoms with van der Waals surface area (Å²) in [5.41, 5.74) is 6.02. The number of rotatable bonds is 4. The van der Waals surface area contributed by atoms with Crippen LogP contribution in [0.3, 0.4) is 0 Å². The van der Waals surface area contributed by atoms with Crippen molar-refractivity contribution < 1.29 is 14.6 Å². The van der Waals surface area contributed by atoms with E-state index in [0.29, 0.717) is 17.1 Å². The zero-order chi connectivity index (χ0) is 10.6. The van der Waals surface area contributed by atoms with E-state index < -0.39 is 6.10 Å². The number of aliphatic hydroxyl groups excluding tert-OH is 1. The molecule has 0 aliphatic rings. The van der Waals surface area contributed by atoms with Crippen molar-refractivity contribution in [3.05, 3.63) is 23.8 Å². The number of halogens is 1. The molecule has 4 nitrogen and oxygen atoms in total. The number of methoxy groups -OCH3 is 2. The lowest BCUT2D eigenvalue weighted by molar-refractivity contribution is 0.181. The monoisotopic (exact) mass is 233 g/mol. The van der Waals surface area contributed by atoms with Crippen LogP contribution in [0.5, 0.6) is 11.5 Å². The van der Waals surface area contributed by atoms with Gasteiger partial charge in [-0.25, -0.2) is 0 Å². The maximum atomic E-state index is 9.60. The van der Waals surface area contributed by atoms with Gasteiger partial charge in [0.2, 0.25) is 0 Å². The Morgan fingerprint density at radius 3 is 2.47 bits per heavy atom. The molecule has 3 N–H and O–H groups in total. The van der Waals surface area contributed by atoms with Crippen molar-refractivity contribution in [2.75, 3.05) is 20.8 Å². The lowest BCUT2D eigenvalue weighted by Crippen LogP contribution is -2.12. The van der Waals surface area contributed by atoms with Gasteiger partial charge in [0, 0.05) is 12.1 Å². The third-order valence-electron chi connectivity index (χ3n) is 2.02. The van der Waals surface area contributed by atoms with Gasteiger partial charge < -0.3 is 20.3 Å². The summed E-state index contributed by atoms with van der Waals surface area (Å²) < 4.78 is 10.1. The van der Waals surface area contributed by atoms with E-state index in [4.69, 9.17) is 15.2 Å². The second-order valence-corrected chi connectivity index (χ2v) is 2.86. The molecule has 0 bridgehead atoms. The van der Waals surface area contributed by atoms with Crippen LogP contribution in [-0.4, -0.2) is 25.9 Å². The Kier molecular flexibility index (Phi) is 6.08.